The van der Waals surface area contributed by atoms with Gasteiger partial charge in [0.15, 0.2) is 5.13 Å². The van der Waals surface area contributed by atoms with Crippen molar-refractivity contribution in [2.75, 3.05) is 38.3 Å². The van der Waals surface area contributed by atoms with Gasteiger partial charge in [-0.1, -0.05) is 42.5 Å². The Morgan fingerprint density at radius 1 is 1.13 bits per heavy atom. The fourth-order valence-corrected chi connectivity index (χ4v) is 4.51. The van der Waals surface area contributed by atoms with Crippen LogP contribution in [0.3, 0.4) is 0 Å². The summed E-state index contributed by atoms with van der Waals surface area (Å²) in [5.41, 5.74) is 2.76. The number of para-hydroxylation sites is 2. The second-order valence-corrected chi connectivity index (χ2v) is 7.87. The minimum absolute atomic E-state index is 0.0562. The molecule has 1 saturated heterocycles. The van der Waals surface area contributed by atoms with Crippen molar-refractivity contribution in [3.8, 4) is 17.0 Å². The van der Waals surface area contributed by atoms with E-state index in [4.69, 9.17) is 14.5 Å². The summed E-state index contributed by atoms with van der Waals surface area (Å²) < 4.78 is 11.0. The molecule has 0 radical (unpaired) electrons. The topological polar surface area (TPSA) is 54.9 Å². The van der Waals surface area contributed by atoms with Crippen LogP contribution in [0.1, 0.15) is 6.92 Å². The predicted octanol–water partition coefficient (Wildman–Crippen LogP) is 4.20. The normalized spacial score (nSPS) is 14.9. The van der Waals surface area contributed by atoms with Gasteiger partial charge in [-0.2, -0.15) is 0 Å². The van der Waals surface area contributed by atoms with Crippen LogP contribution in [0.5, 0.6) is 5.75 Å². The van der Waals surface area contributed by atoms with Gasteiger partial charge >= 0.3 is 0 Å². The summed E-state index contributed by atoms with van der Waals surface area (Å²) in [6, 6.07) is 17.4. The van der Waals surface area contributed by atoms with Crippen LogP contribution in [0.25, 0.3) is 11.3 Å². The van der Waals surface area contributed by atoms with Gasteiger partial charge in [-0.3, -0.25) is 4.79 Å². The highest BCUT2D eigenvalue weighted by Crippen LogP contribution is 2.38. The first kappa shape index (κ1) is 20.4. The number of ether oxygens (including phenoxy) is 2. The van der Waals surface area contributed by atoms with Gasteiger partial charge in [0.2, 0.25) is 5.91 Å². The maximum absolute atomic E-state index is 13.3. The van der Waals surface area contributed by atoms with Gasteiger partial charge < -0.3 is 19.3 Å². The van der Waals surface area contributed by atoms with Gasteiger partial charge in [0.25, 0.3) is 0 Å². The lowest BCUT2D eigenvalue weighted by atomic mass is 10.2. The van der Waals surface area contributed by atoms with Gasteiger partial charge in [-0.25, -0.2) is 4.98 Å². The van der Waals surface area contributed by atoms with Gasteiger partial charge in [0.1, 0.15) is 11.8 Å². The van der Waals surface area contributed by atoms with Crippen LogP contribution in [-0.2, 0) is 9.53 Å². The maximum atomic E-state index is 13.3. The van der Waals surface area contributed by atoms with Gasteiger partial charge in [0, 0.05) is 24.0 Å². The van der Waals surface area contributed by atoms with Crippen LogP contribution < -0.4 is 9.64 Å². The van der Waals surface area contributed by atoms with Gasteiger partial charge in [0.05, 0.1) is 31.7 Å². The number of benzene rings is 2. The first-order chi connectivity index (χ1) is 14.7. The summed E-state index contributed by atoms with van der Waals surface area (Å²) in [6.45, 7) is 4.28. The van der Waals surface area contributed by atoms with E-state index in [1.54, 1.807) is 7.11 Å². The first-order valence-electron chi connectivity index (χ1n) is 9.99. The molecule has 3 aromatic rings. The molecule has 0 bridgehead atoms. The summed E-state index contributed by atoms with van der Waals surface area (Å²) in [4.78, 5) is 22.0. The molecule has 0 aliphatic carbocycles. The summed E-state index contributed by atoms with van der Waals surface area (Å²) in [5.74, 6) is 0.760. The molecule has 156 valence electrons. The predicted molar refractivity (Wildman–Crippen MR) is 120 cm³/mol. The van der Waals surface area contributed by atoms with Crippen molar-refractivity contribution in [1.82, 2.24) is 9.88 Å². The molecule has 7 heteroatoms. The number of thiazole rings is 1. The molecule has 1 aliphatic heterocycles. The Hall–Kier alpha value is -2.90. The molecule has 0 saturated carbocycles. The van der Waals surface area contributed by atoms with E-state index in [-0.39, 0.29) is 5.91 Å². The van der Waals surface area contributed by atoms with Crippen molar-refractivity contribution >= 4 is 28.1 Å². The van der Waals surface area contributed by atoms with E-state index in [0.717, 1.165) is 22.1 Å². The lowest BCUT2D eigenvalue weighted by Gasteiger charge is -2.34. The molecular formula is C23H25N3O3S. The standard InChI is InChI=1S/C23H25N3O3S/c1-17(22(27)25-12-14-29-15-13-25)26(20-10-6-7-11-21(20)28-2)23-24-19(16-30-23)18-8-4-3-5-9-18/h3-11,16-17H,12-15H2,1-2H3. The van der Waals surface area contributed by atoms with Crippen molar-refractivity contribution < 1.29 is 14.3 Å². The smallest absolute Gasteiger partial charge is 0.245 e. The lowest BCUT2D eigenvalue weighted by Crippen LogP contribution is -2.49. The maximum Gasteiger partial charge on any atom is 0.245 e. The van der Waals surface area contributed by atoms with Crippen LogP contribution in [0.15, 0.2) is 60.0 Å². The number of nitrogens with zero attached hydrogens (tertiary/aromatic N) is 3. The van der Waals surface area contributed by atoms with Crippen molar-refractivity contribution in [2.24, 2.45) is 0 Å². The molecule has 1 atom stereocenters. The Bertz CT molecular complexity index is 986. The molecule has 2 heterocycles. The van der Waals surface area contributed by atoms with Crippen LogP contribution >= 0.6 is 11.3 Å². The molecule has 0 spiro atoms. The zero-order chi connectivity index (χ0) is 20.9. The number of aromatic nitrogens is 1. The van der Waals surface area contributed by atoms with Crippen LogP contribution in [0, 0.1) is 0 Å². The van der Waals surface area contributed by atoms with Crippen molar-refractivity contribution in [1.29, 1.82) is 0 Å². The highest BCUT2D eigenvalue weighted by molar-refractivity contribution is 7.14. The zero-order valence-electron chi connectivity index (χ0n) is 17.2. The average Bonchev–Trinajstić information content (AvgIpc) is 3.30. The summed E-state index contributed by atoms with van der Waals surface area (Å²) in [7, 11) is 1.64. The highest BCUT2D eigenvalue weighted by atomic mass is 32.1. The van der Waals surface area contributed by atoms with E-state index in [1.165, 1.54) is 11.3 Å². The fraction of sp³-hybridized carbons (Fsp3) is 0.304. The second kappa shape index (κ2) is 9.28. The molecule has 0 N–H and O–H groups in total. The van der Waals surface area contributed by atoms with Crippen LogP contribution in [0.2, 0.25) is 0 Å². The summed E-state index contributed by atoms with van der Waals surface area (Å²) >= 11 is 1.52. The van der Waals surface area contributed by atoms with E-state index in [0.29, 0.717) is 32.1 Å². The molecule has 6 nitrogen and oxygen atoms in total. The molecular weight excluding hydrogens is 398 g/mol. The SMILES string of the molecule is COc1ccccc1N(c1nc(-c2ccccc2)cs1)C(C)C(=O)N1CCOCC1. The fourth-order valence-electron chi connectivity index (χ4n) is 3.58. The molecule has 1 aliphatic rings. The van der Waals surface area contributed by atoms with E-state index in [9.17, 15) is 4.79 Å². The van der Waals surface area contributed by atoms with E-state index in [1.807, 2.05) is 76.7 Å². The Balaban J connectivity index is 1.72. The molecule has 1 amide bonds. The Labute approximate surface area is 180 Å². The second-order valence-electron chi connectivity index (χ2n) is 7.04. The molecule has 30 heavy (non-hydrogen) atoms. The van der Waals surface area contributed by atoms with Crippen molar-refractivity contribution in [3.05, 3.63) is 60.0 Å². The van der Waals surface area contributed by atoms with Gasteiger partial charge in [-0.05, 0) is 19.1 Å². The summed E-state index contributed by atoms with van der Waals surface area (Å²) in [5, 5.41) is 2.78. The average molecular weight is 424 g/mol. The number of hydrogen-bond donors (Lipinski definition) is 0. The number of carbonyl (C=O) groups is 1. The minimum Gasteiger partial charge on any atom is -0.495 e. The Morgan fingerprint density at radius 2 is 1.83 bits per heavy atom. The number of rotatable bonds is 6. The number of amides is 1. The van der Waals surface area contributed by atoms with Crippen molar-refractivity contribution in [2.45, 2.75) is 13.0 Å². The van der Waals surface area contributed by atoms with E-state index >= 15 is 0 Å². The third kappa shape index (κ3) is 4.17. The van der Waals surface area contributed by atoms with E-state index < -0.39 is 6.04 Å². The first-order valence-corrected chi connectivity index (χ1v) is 10.9. The number of methoxy groups -OCH3 is 1. The third-order valence-electron chi connectivity index (χ3n) is 5.18. The highest BCUT2D eigenvalue weighted by Gasteiger charge is 2.31. The van der Waals surface area contributed by atoms with Crippen LogP contribution in [-0.4, -0.2) is 55.2 Å². The Morgan fingerprint density at radius 3 is 2.57 bits per heavy atom. The third-order valence-corrected chi connectivity index (χ3v) is 6.02. The van der Waals surface area contributed by atoms with Crippen molar-refractivity contribution in [3.63, 3.8) is 0 Å². The molecule has 1 aromatic heterocycles. The number of hydrogen-bond acceptors (Lipinski definition) is 6. The molecule has 2 aromatic carbocycles. The van der Waals surface area contributed by atoms with E-state index in [2.05, 4.69) is 0 Å². The van der Waals surface area contributed by atoms with Gasteiger partial charge in [-0.15, -0.1) is 11.3 Å². The number of carbonyl (C=O) groups excluding carboxylic acids is 1. The molecule has 1 fully saturated rings. The quantitative estimate of drug-likeness (QED) is 0.595. The van der Waals surface area contributed by atoms with Crippen LogP contribution in [0.4, 0.5) is 10.8 Å². The Kier molecular flexibility index (Phi) is 6.30. The monoisotopic (exact) mass is 423 g/mol. The summed E-state index contributed by atoms with van der Waals surface area (Å²) in [6.07, 6.45) is 0. The molecule has 4 rings (SSSR count). The largest absolute Gasteiger partial charge is 0.495 e. The number of morpholine rings is 1. The zero-order valence-corrected chi connectivity index (χ0v) is 18.0. The molecule has 1 unspecified atom stereocenters. The lowest BCUT2D eigenvalue weighted by molar-refractivity contribution is -0.136. The minimum atomic E-state index is -0.436. The number of anilines is 2.